The molecule has 2 fully saturated rings. The van der Waals surface area contributed by atoms with Crippen LogP contribution in [0.25, 0.3) is 0 Å². The van der Waals surface area contributed by atoms with E-state index in [0.29, 0.717) is 0 Å². The maximum atomic E-state index is 5.25. The Hall–Kier alpha value is -0.160. The average molecular weight is 146 g/mol. The Balaban J connectivity index is 1.95. The second-order valence-corrected chi connectivity index (χ2v) is 2.41. The largest absolute Gasteiger partial charge is 0.358 e. The predicted molar refractivity (Wildman–Crippen MR) is 31.3 cm³/mol. The molecule has 0 radical (unpaired) electrons. The summed E-state index contributed by atoms with van der Waals surface area (Å²) in [5, 5.41) is 0. The zero-order chi connectivity index (χ0) is 7.14. The minimum atomic E-state index is -0.227. The lowest BCUT2D eigenvalue weighted by Gasteiger charge is -2.13. The van der Waals surface area contributed by atoms with E-state index in [1.807, 2.05) is 0 Å². The van der Waals surface area contributed by atoms with Gasteiger partial charge in [-0.3, -0.25) is 0 Å². The van der Waals surface area contributed by atoms with Crippen molar-refractivity contribution in [3.63, 3.8) is 0 Å². The first-order valence-corrected chi connectivity index (χ1v) is 3.23. The summed E-state index contributed by atoms with van der Waals surface area (Å²) in [5.41, 5.74) is 0. The molecule has 4 unspecified atom stereocenters. The van der Waals surface area contributed by atoms with E-state index in [-0.39, 0.29) is 24.8 Å². The molecule has 0 saturated carbocycles. The lowest BCUT2D eigenvalue weighted by Crippen LogP contribution is -2.22. The van der Waals surface area contributed by atoms with E-state index in [1.165, 1.54) is 0 Å². The average Bonchev–Trinajstić information content (AvgIpc) is 2.67. The summed E-state index contributed by atoms with van der Waals surface area (Å²) in [5.74, 6) is 0. The number of fused-ring (bicyclic) bond motifs is 1. The highest BCUT2D eigenvalue weighted by molar-refractivity contribution is 4.96. The minimum absolute atomic E-state index is 0.106. The second kappa shape index (κ2) is 2.17. The zero-order valence-electron chi connectivity index (χ0n) is 5.94. The van der Waals surface area contributed by atoms with E-state index in [4.69, 9.17) is 18.9 Å². The molecular weight excluding hydrogens is 136 g/mol. The SMILES string of the molecule is COC1OC(OC)C2OC12. The molecule has 2 aliphatic heterocycles. The Morgan fingerprint density at radius 1 is 0.900 bits per heavy atom. The van der Waals surface area contributed by atoms with Crippen molar-refractivity contribution in [2.45, 2.75) is 24.8 Å². The maximum Gasteiger partial charge on any atom is 0.189 e. The van der Waals surface area contributed by atoms with E-state index < -0.39 is 0 Å². The smallest absolute Gasteiger partial charge is 0.189 e. The third kappa shape index (κ3) is 0.769. The minimum Gasteiger partial charge on any atom is -0.358 e. The van der Waals surface area contributed by atoms with Crippen molar-refractivity contribution in [1.82, 2.24) is 0 Å². The molecular formula is C6H10O4. The highest BCUT2D eigenvalue weighted by atomic mass is 16.8. The molecule has 2 saturated heterocycles. The van der Waals surface area contributed by atoms with Gasteiger partial charge in [-0.2, -0.15) is 0 Å². The summed E-state index contributed by atoms with van der Waals surface area (Å²) in [6, 6.07) is 0. The zero-order valence-corrected chi connectivity index (χ0v) is 5.94. The third-order valence-electron chi connectivity index (χ3n) is 1.83. The molecule has 58 valence electrons. The molecule has 0 spiro atoms. The predicted octanol–water partition coefficient (Wildman–Crippen LogP) is -0.271. The van der Waals surface area contributed by atoms with Crippen molar-refractivity contribution >= 4 is 0 Å². The molecule has 0 bridgehead atoms. The van der Waals surface area contributed by atoms with Crippen LogP contribution in [0.15, 0.2) is 0 Å². The van der Waals surface area contributed by atoms with Crippen molar-refractivity contribution in [3.8, 4) is 0 Å². The molecule has 0 aromatic carbocycles. The van der Waals surface area contributed by atoms with E-state index >= 15 is 0 Å². The van der Waals surface area contributed by atoms with Crippen LogP contribution in [0.2, 0.25) is 0 Å². The number of methoxy groups -OCH3 is 2. The standard InChI is InChI=1S/C6H10O4/c1-7-5-3-4(9-3)6(8-2)10-5/h3-6H,1-2H3. The van der Waals surface area contributed by atoms with E-state index in [1.54, 1.807) is 14.2 Å². The summed E-state index contributed by atoms with van der Waals surface area (Å²) in [4.78, 5) is 0. The van der Waals surface area contributed by atoms with Gasteiger partial charge in [0, 0.05) is 14.2 Å². The number of hydrogen-bond donors (Lipinski definition) is 0. The molecule has 2 aliphatic rings. The van der Waals surface area contributed by atoms with Gasteiger partial charge in [0.1, 0.15) is 12.2 Å². The van der Waals surface area contributed by atoms with Gasteiger partial charge < -0.3 is 18.9 Å². The summed E-state index contributed by atoms with van der Waals surface area (Å²) in [7, 11) is 3.20. The first-order chi connectivity index (χ1) is 4.86. The summed E-state index contributed by atoms with van der Waals surface area (Å²) < 4.78 is 20.4. The third-order valence-corrected chi connectivity index (χ3v) is 1.83. The first kappa shape index (κ1) is 6.54. The first-order valence-electron chi connectivity index (χ1n) is 3.23. The number of rotatable bonds is 2. The fourth-order valence-corrected chi connectivity index (χ4v) is 1.24. The highest BCUT2D eigenvalue weighted by Gasteiger charge is 2.59. The normalized spacial score (nSPS) is 51.0. The fourth-order valence-electron chi connectivity index (χ4n) is 1.24. The van der Waals surface area contributed by atoms with Crippen molar-refractivity contribution in [2.24, 2.45) is 0 Å². The van der Waals surface area contributed by atoms with Gasteiger partial charge in [0.25, 0.3) is 0 Å². The van der Waals surface area contributed by atoms with Crippen LogP contribution >= 0.6 is 0 Å². The van der Waals surface area contributed by atoms with Crippen LogP contribution in [0.5, 0.6) is 0 Å². The fraction of sp³-hybridized carbons (Fsp3) is 1.00. The Bertz CT molecular complexity index is 124. The van der Waals surface area contributed by atoms with Crippen LogP contribution in [0.1, 0.15) is 0 Å². The topological polar surface area (TPSA) is 40.2 Å². The van der Waals surface area contributed by atoms with Crippen molar-refractivity contribution in [1.29, 1.82) is 0 Å². The number of hydrogen-bond acceptors (Lipinski definition) is 4. The van der Waals surface area contributed by atoms with E-state index in [0.717, 1.165) is 0 Å². The Morgan fingerprint density at radius 3 is 1.70 bits per heavy atom. The lowest BCUT2D eigenvalue weighted by atomic mass is 10.3. The molecule has 2 heterocycles. The van der Waals surface area contributed by atoms with Gasteiger partial charge in [-0.1, -0.05) is 0 Å². The second-order valence-electron chi connectivity index (χ2n) is 2.41. The van der Waals surface area contributed by atoms with Crippen molar-refractivity contribution < 1.29 is 18.9 Å². The van der Waals surface area contributed by atoms with Gasteiger partial charge >= 0.3 is 0 Å². The van der Waals surface area contributed by atoms with Crippen LogP contribution in [0, 0.1) is 0 Å². The van der Waals surface area contributed by atoms with Gasteiger partial charge in [-0.05, 0) is 0 Å². The van der Waals surface area contributed by atoms with Gasteiger partial charge in [0.2, 0.25) is 0 Å². The lowest BCUT2D eigenvalue weighted by molar-refractivity contribution is -0.226. The maximum absolute atomic E-state index is 5.25. The quantitative estimate of drug-likeness (QED) is 0.503. The Kier molecular flexibility index (Phi) is 1.42. The molecule has 0 aromatic rings. The molecule has 0 aliphatic carbocycles. The molecule has 0 N–H and O–H groups in total. The number of ether oxygens (including phenoxy) is 4. The van der Waals surface area contributed by atoms with Crippen LogP contribution in [0.3, 0.4) is 0 Å². The molecule has 4 nitrogen and oxygen atoms in total. The Labute approximate surface area is 59.0 Å². The van der Waals surface area contributed by atoms with Crippen molar-refractivity contribution in [3.05, 3.63) is 0 Å². The van der Waals surface area contributed by atoms with Gasteiger partial charge in [-0.15, -0.1) is 0 Å². The molecule has 2 rings (SSSR count). The van der Waals surface area contributed by atoms with Crippen LogP contribution in [0.4, 0.5) is 0 Å². The van der Waals surface area contributed by atoms with Crippen LogP contribution in [-0.2, 0) is 18.9 Å². The van der Waals surface area contributed by atoms with E-state index in [9.17, 15) is 0 Å². The summed E-state index contributed by atoms with van der Waals surface area (Å²) in [6.45, 7) is 0. The molecule has 4 atom stereocenters. The number of epoxide rings is 1. The van der Waals surface area contributed by atoms with Crippen LogP contribution < -0.4 is 0 Å². The van der Waals surface area contributed by atoms with Gasteiger partial charge in [0.15, 0.2) is 12.6 Å². The summed E-state index contributed by atoms with van der Waals surface area (Å²) >= 11 is 0. The van der Waals surface area contributed by atoms with E-state index in [2.05, 4.69) is 0 Å². The van der Waals surface area contributed by atoms with Gasteiger partial charge in [0.05, 0.1) is 0 Å². The highest BCUT2D eigenvalue weighted by Crippen LogP contribution is 2.39. The van der Waals surface area contributed by atoms with Crippen molar-refractivity contribution in [2.75, 3.05) is 14.2 Å². The summed E-state index contributed by atoms with van der Waals surface area (Å²) in [6.07, 6.45) is -0.241. The molecule has 10 heavy (non-hydrogen) atoms. The molecule has 0 amide bonds. The monoisotopic (exact) mass is 146 g/mol. The van der Waals surface area contributed by atoms with Crippen LogP contribution in [-0.4, -0.2) is 39.0 Å². The van der Waals surface area contributed by atoms with Gasteiger partial charge in [-0.25, -0.2) is 0 Å². The Morgan fingerprint density at radius 2 is 1.40 bits per heavy atom. The molecule has 4 heteroatoms. The molecule has 0 aromatic heterocycles.